The van der Waals surface area contributed by atoms with Gasteiger partial charge in [0, 0.05) is 18.0 Å². The minimum Gasteiger partial charge on any atom is -0.491 e. The normalized spacial score (nSPS) is 11.5. The molecule has 0 bridgehead atoms. The van der Waals surface area contributed by atoms with E-state index in [1.807, 2.05) is 28.8 Å². The van der Waals surface area contributed by atoms with E-state index in [-0.39, 0.29) is 11.8 Å². The third-order valence-electron chi connectivity index (χ3n) is 5.22. The predicted octanol–water partition coefficient (Wildman–Crippen LogP) is 3.55. The zero-order chi connectivity index (χ0) is 21.4. The molecule has 0 fully saturated rings. The average molecular weight is 412 g/mol. The number of benzene rings is 2. The first-order chi connectivity index (χ1) is 15.1. The van der Waals surface area contributed by atoms with Gasteiger partial charge in [0.2, 0.25) is 0 Å². The minimum absolute atomic E-state index is 0.108. The fourth-order valence-electron chi connectivity index (χ4n) is 3.79. The number of nitrogens with zero attached hydrogens (tertiary/aromatic N) is 7. The van der Waals surface area contributed by atoms with Crippen molar-refractivity contribution in [3.05, 3.63) is 66.1 Å². The first-order valence-electron chi connectivity index (χ1n) is 9.95. The highest BCUT2D eigenvalue weighted by Crippen LogP contribution is 2.31. The number of aromatic nitrogens is 8. The van der Waals surface area contributed by atoms with E-state index < -0.39 is 0 Å². The van der Waals surface area contributed by atoms with Gasteiger partial charge in [-0.2, -0.15) is 5.10 Å². The van der Waals surface area contributed by atoms with Crippen LogP contribution in [0.15, 0.2) is 54.7 Å². The number of tetrazole rings is 1. The zero-order valence-corrected chi connectivity index (χ0v) is 17.1. The number of H-pyrrole nitrogens is 1. The molecule has 0 spiro atoms. The molecule has 0 aliphatic carbocycles. The molecule has 0 radical (unpaired) electrons. The summed E-state index contributed by atoms with van der Waals surface area (Å²) in [7, 11) is 0. The molecule has 3 aromatic heterocycles. The molecular weight excluding hydrogens is 392 g/mol. The van der Waals surface area contributed by atoms with Crippen molar-refractivity contribution in [1.29, 1.82) is 0 Å². The van der Waals surface area contributed by atoms with E-state index >= 15 is 0 Å². The van der Waals surface area contributed by atoms with Gasteiger partial charge in [0.1, 0.15) is 16.9 Å². The molecule has 0 aliphatic rings. The van der Waals surface area contributed by atoms with E-state index in [4.69, 9.17) is 0 Å². The second kappa shape index (κ2) is 7.60. The Morgan fingerprint density at radius 2 is 1.77 bits per heavy atom. The highest BCUT2D eigenvalue weighted by molar-refractivity contribution is 5.81. The van der Waals surface area contributed by atoms with Gasteiger partial charge < -0.3 is 9.67 Å². The largest absolute Gasteiger partial charge is 0.491 e. The molecule has 0 amide bonds. The highest BCUT2D eigenvalue weighted by Gasteiger charge is 2.18. The lowest BCUT2D eigenvalue weighted by Gasteiger charge is -2.13. The van der Waals surface area contributed by atoms with Crippen LogP contribution in [0.3, 0.4) is 0 Å². The van der Waals surface area contributed by atoms with Crippen LogP contribution in [-0.4, -0.2) is 45.5 Å². The quantitative estimate of drug-likeness (QED) is 0.453. The van der Waals surface area contributed by atoms with Gasteiger partial charge >= 0.3 is 0 Å². The van der Waals surface area contributed by atoms with Crippen molar-refractivity contribution in [2.24, 2.45) is 0 Å². The van der Waals surface area contributed by atoms with Crippen molar-refractivity contribution in [1.82, 2.24) is 40.4 Å². The SMILES string of the molecule is CC(C)c1nc2cnnc(O)c2n1Cc1ccc(-c2ccccc2-c2nnn[nH]2)cc1. The molecule has 0 saturated carbocycles. The average Bonchev–Trinajstić information content (AvgIpc) is 3.44. The lowest BCUT2D eigenvalue weighted by atomic mass is 9.98. The Morgan fingerprint density at radius 3 is 2.48 bits per heavy atom. The topological polar surface area (TPSA) is 118 Å². The second-order valence-electron chi connectivity index (χ2n) is 7.61. The van der Waals surface area contributed by atoms with Gasteiger partial charge in [-0.1, -0.05) is 62.4 Å². The molecule has 0 unspecified atom stereocenters. The monoisotopic (exact) mass is 412 g/mol. The van der Waals surface area contributed by atoms with Crippen molar-refractivity contribution in [3.8, 4) is 28.4 Å². The molecule has 0 saturated heterocycles. The van der Waals surface area contributed by atoms with Crippen molar-refractivity contribution >= 4 is 11.0 Å². The Balaban J connectivity index is 1.52. The Kier molecular flexibility index (Phi) is 4.62. The van der Waals surface area contributed by atoms with Crippen LogP contribution < -0.4 is 0 Å². The van der Waals surface area contributed by atoms with Gasteiger partial charge in [-0.25, -0.2) is 10.1 Å². The first-order valence-corrected chi connectivity index (χ1v) is 9.95. The summed E-state index contributed by atoms with van der Waals surface area (Å²) >= 11 is 0. The molecular formula is C22H20N8O. The van der Waals surface area contributed by atoms with Gasteiger partial charge in [0.25, 0.3) is 5.88 Å². The van der Waals surface area contributed by atoms with Crippen LogP contribution in [0.4, 0.5) is 0 Å². The summed E-state index contributed by atoms with van der Waals surface area (Å²) in [5, 5.41) is 32.1. The number of imidazole rings is 1. The lowest BCUT2D eigenvalue weighted by Crippen LogP contribution is -2.07. The smallest absolute Gasteiger partial charge is 0.257 e. The minimum atomic E-state index is -0.108. The molecule has 0 atom stereocenters. The van der Waals surface area contributed by atoms with Gasteiger partial charge in [-0.05, 0) is 27.1 Å². The molecule has 5 aromatic rings. The van der Waals surface area contributed by atoms with Crippen molar-refractivity contribution < 1.29 is 5.11 Å². The lowest BCUT2D eigenvalue weighted by molar-refractivity contribution is 0.448. The Bertz CT molecular complexity index is 1340. The number of aromatic amines is 1. The molecule has 31 heavy (non-hydrogen) atoms. The fraction of sp³-hybridized carbons (Fsp3) is 0.182. The summed E-state index contributed by atoms with van der Waals surface area (Å²) in [6.07, 6.45) is 1.58. The number of aromatic hydroxyl groups is 1. The summed E-state index contributed by atoms with van der Waals surface area (Å²) in [6, 6.07) is 16.3. The van der Waals surface area contributed by atoms with Crippen LogP contribution in [-0.2, 0) is 6.54 Å². The number of fused-ring (bicyclic) bond motifs is 1. The van der Waals surface area contributed by atoms with E-state index in [1.165, 1.54) is 0 Å². The number of rotatable bonds is 5. The zero-order valence-electron chi connectivity index (χ0n) is 17.1. The Hall–Kier alpha value is -4.14. The first kappa shape index (κ1) is 18.9. The highest BCUT2D eigenvalue weighted by atomic mass is 16.3. The van der Waals surface area contributed by atoms with Crippen molar-refractivity contribution in [2.75, 3.05) is 0 Å². The molecule has 2 N–H and O–H groups in total. The molecule has 154 valence electrons. The number of hydrogen-bond donors (Lipinski definition) is 2. The third-order valence-corrected chi connectivity index (χ3v) is 5.22. The van der Waals surface area contributed by atoms with Gasteiger partial charge in [-0.3, -0.25) is 0 Å². The van der Waals surface area contributed by atoms with Crippen LogP contribution in [0.1, 0.15) is 31.2 Å². The summed E-state index contributed by atoms with van der Waals surface area (Å²) in [4.78, 5) is 4.65. The summed E-state index contributed by atoms with van der Waals surface area (Å²) in [6.45, 7) is 4.72. The van der Waals surface area contributed by atoms with Crippen LogP contribution in [0.5, 0.6) is 5.88 Å². The molecule has 9 nitrogen and oxygen atoms in total. The van der Waals surface area contributed by atoms with Crippen molar-refractivity contribution in [3.63, 3.8) is 0 Å². The van der Waals surface area contributed by atoms with Gasteiger partial charge in [0.15, 0.2) is 5.82 Å². The van der Waals surface area contributed by atoms with Crippen LogP contribution >= 0.6 is 0 Å². The van der Waals surface area contributed by atoms with E-state index in [0.29, 0.717) is 23.4 Å². The van der Waals surface area contributed by atoms with Crippen LogP contribution in [0.25, 0.3) is 33.5 Å². The fourth-order valence-corrected chi connectivity index (χ4v) is 3.79. The van der Waals surface area contributed by atoms with Gasteiger partial charge in [-0.15, -0.1) is 10.2 Å². The number of nitrogens with one attached hydrogen (secondary N) is 1. The summed E-state index contributed by atoms with van der Waals surface area (Å²) in [5.74, 6) is 1.59. The maximum Gasteiger partial charge on any atom is 0.257 e. The molecule has 9 heteroatoms. The molecule has 0 aliphatic heterocycles. The maximum absolute atomic E-state index is 10.3. The summed E-state index contributed by atoms with van der Waals surface area (Å²) < 4.78 is 2.01. The van der Waals surface area contributed by atoms with E-state index in [1.54, 1.807) is 6.20 Å². The Morgan fingerprint density at radius 1 is 1.00 bits per heavy atom. The molecule has 5 rings (SSSR count). The van der Waals surface area contributed by atoms with E-state index in [2.05, 4.69) is 73.9 Å². The third kappa shape index (κ3) is 3.39. The van der Waals surface area contributed by atoms with Gasteiger partial charge in [0.05, 0.1) is 6.20 Å². The molecule has 2 aromatic carbocycles. The second-order valence-corrected chi connectivity index (χ2v) is 7.61. The van der Waals surface area contributed by atoms with Crippen LogP contribution in [0, 0.1) is 0 Å². The van der Waals surface area contributed by atoms with E-state index in [9.17, 15) is 5.11 Å². The molecule has 3 heterocycles. The predicted molar refractivity (Wildman–Crippen MR) is 115 cm³/mol. The summed E-state index contributed by atoms with van der Waals surface area (Å²) in [5.41, 5.74) is 5.36. The maximum atomic E-state index is 10.3. The number of hydrogen-bond acceptors (Lipinski definition) is 7. The Labute approximate surface area is 177 Å². The van der Waals surface area contributed by atoms with E-state index in [0.717, 1.165) is 28.1 Å². The standard InChI is InChI=1S/C22H20N8O/c1-13(2)21-24-18-11-23-27-22(31)19(18)30(21)12-14-7-9-15(10-8-14)16-5-3-4-6-17(16)20-25-28-29-26-20/h3-11,13H,12H2,1-2H3,(H,27,31)(H,25,26,28,29). The van der Waals surface area contributed by atoms with Crippen LogP contribution in [0.2, 0.25) is 0 Å². The van der Waals surface area contributed by atoms with Crippen molar-refractivity contribution in [2.45, 2.75) is 26.3 Å².